The third kappa shape index (κ3) is 8.96. The number of hydrogen-bond donors (Lipinski definition) is 2. The van der Waals surface area contributed by atoms with Gasteiger partial charge in [0.05, 0.1) is 12.2 Å². The molecule has 0 bridgehead atoms. The highest BCUT2D eigenvalue weighted by Gasteiger charge is 2.39. The minimum atomic E-state index is -2.16. The van der Waals surface area contributed by atoms with E-state index in [1.807, 2.05) is 6.26 Å². The molecule has 0 heterocycles. The van der Waals surface area contributed by atoms with Gasteiger partial charge in [-0.3, -0.25) is 0 Å². The van der Waals surface area contributed by atoms with E-state index in [9.17, 15) is 14.3 Å². The molecule has 0 spiro atoms. The number of ether oxygens (including phenoxy) is 1. The van der Waals surface area contributed by atoms with Crippen molar-refractivity contribution in [2.75, 3.05) is 12.8 Å². The molecule has 1 aromatic rings. The molecule has 0 saturated carbocycles. The summed E-state index contributed by atoms with van der Waals surface area (Å²) in [6.07, 6.45) is 0.214. The molecule has 1 amide bonds. The zero-order chi connectivity index (χ0) is 23.3. The normalized spacial score (nSPS) is 14.9. The second-order valence-corrected chi connectivity index (χ2v) is 15.7. The first-order chi connectivity index (χ1) is 13.5. The molecule has 0 aliphatic rings. The predicted molar refractivity (Wildman–Crippen MR) is 124 cm³/mol. The number of rotatable bonds is 8. The number of hydrogen-bond acceptors (Lipinski definition) is 5. The topological polar surface area (TPSA) is 67.8 Å². The number of alkyl carbamates (subject to hydrolysis) is 1. The highest BCUT2D eigenvalue weighted by atomic mass is 32.2. The number of aliphatic hydroxyl groups excluding tert-OH is 1. The molecule has 0 radical (unpaired) electrons. The fourth-order valence-corrected chi connectivity index (χ4v) is 4.41. The number of carbonyl (C=O) groups excluding carboxylic acids is 1. The third-order valence-electron chi connectivity index (χ3n) is 5.14. The molecule has 0 aliphatic heterocycles. The Kier molecular flexibility index (Phi) is 9.41. The fraction of sp³-hybridized carbons (Fsp3) is 0.682. The van der Waals surface area contributed by atoms with Gasteiger partial charge in [0.1, 0.15) is 11.4 Å². The van der Waals surface area contributed by atoms with Crippen LogP contribution in [0.2, 0.25) is 18.1 Å². The Balaban J connectivity index is 2.99. The molecule has 0 fully saturated rings. The zero-order valence-corrected chi connectivity index (χ0v) is 21.6. The van der Waals surface area contributed by atoms with E-state index in [0.717, 1.165) is 4.90 Å². The van der Waals surface area contributed by atoms with Gasteiger partial charge >= 0.3 is 6.09 Å². The first-order valence-electron chi connectivity index (χ1n) is 10.2. The smallest absolute Gasteiger partial charge is 0.407 e. The van der Waals surface area contributed by atoms with Crippen LogP contribution in [0.4, 0.5) is 9.18 Å². The highest BCUT2D eigenvalue weighted by Crippen LogP contribution is 2.38. The summed E-state index contributed by atoms with van der Waals surface area (Å²) in [5.41, 5.74) is -0.102. The average molecular weight is 460 g/mol. The lowest BCUT2D eigenvalue weighted by atomic mass is 10.0. The zero-order valence-electron chi connectivity index (χ0n) is 19.8. The van der Waals surface area contributed by atoms with Crippen LogP contribution in [0.1, 0.15) is 59.6 Å². The summed E-state index contributed by atoms with van der Waals surface area (Å²) >= 11 is 1.42. The van der Waals surface area contributed by atoms with Gasteiger partial charge in [0.15, 0.2) is 8.32 Å². The number of benzene rings is 1. The van der Waals surface area contributed by atoms with Crippen LogP contribution in [0, 0.1) is 5.82 Å². The number of amides is 1. The lowest BCUT2D eigenvalue weighted by molar-refractivity contribution is 0.0453. The quantitative estimate of drug-likeness (QED) is 0.375. The second kappa shape index (κ2) is 10.5. The van der Waals surface area contributed by atoms with Crippen molar-refractivity contribution in [3.63, 3.8) is 0 Å². The van der Waals surface area contributed by atoms with Crippen LogP contribution in [-0.4, -0.2) is 44.0 Å². The highest BCUT2D eigenvalue weighted by molar-refractivity contribution is 7.98. The molecular weight excluding hydrogens is 421 g/mol. The third-order valence-corrected chi connectivity index (χ3v) is 10.4. The summed E-state index contributed by atoms with van der Waals surface area (Å²) in [6, 6.07) is 4.56. The van der Waals surface area contributed by atoms with E-state index >= 15 is 0 Å². The lowest BCUT2D eigenvalue weighted by Crippen LogP contribution is -2.47. The van der Waals surface area contributed by atoms with Crippen LogP contribution in [0.15, 0.2) is 23.1 Å². The number of thioether (sulfide) groups is 1. The average Bonchev–Trinajstić information content (AvgIpc) is 2.56. The van der Waals surface area contributed by atoms with Crippen molar-refractivity contribution in [3.8, 4) is 0 Å². The minimum absolute atomic E-state index is 0.0347. The Morgan fingerprint density at radius 3 is 2.30 bits per heavy atom. The molecule has 30 heavy (non-hydrogen) atoms. The molecule has 8 heteroatoms. The molecule has 2 atom stereocenters. The Morgan fingerprint density at radius 2 is 1.80 bits per heavy atom. The van der Waals surface area contributed by atoms with Crippen molar-refractivity contribution < 1.29 is 23.5 Å². The summed E-state index contributed by atoms with van der Waals surface area (Å²) in [4.78, 5) is 12.9. The van der Waals surface area contributed by atoms with Crippen LogP contribution >= 0.6 is 11.8 Å². The van der Waals surface area contributed by atoms with Crippen LogP contribution < -0.4 is 5.32 Å². The predicted octanol–water partition coefficient (Wildman–Crippen LogP) is 5.89. The van der Waals surface area contributed by atoms with Gasteiger partial charge in [0.2, 0.25) is 0 Å². The SMILES string of the molecule is CSc1cc(F)cc(C(O)CC(CNC(=O)OC(C)(C)C)O[Si](C)(C)C(C)(C)C)c1. The van der Waals surface area contributed by atoms with Gasteiger partial charge in [-0.05, 0) is 68.9 Å². The maximum absolute atomic E-state index is 13.9. The van der Waals surface area contributed by atoms with Crippen molar-refractivity contribution in [1.82, 2.24) is 5.32 Å². The van der Waals surface area contributed by atoms with Crippen molar-refractivity contribution in [1.29, 1.82) is 0 Å². The van der Waals surface area contributed by atoms with Gasteiger partial charge in [0.25, 0.3) is 0 Å². The summed E-state index contributed by atoms with van der Waals surface area (Å²) in [7, 11) is -2.16. The maximum Gasteiger partial charge on any atom is 0.407 e. The van der Waals surface area contributed by atoms with Gasteiger partial charge in [-0.2, -0.15) is 0 Å². The number of halogens is 1. The Bertz CT molecular complexity index is 716. The minimum Gasteiger partial charge on any atom is -0.444 e. The van der Waals surface area contributed by atoms with Gasteiger partial charge in [-0.1, -0.05) is 20.8 Å². The van der Waals surface area contributed by atoms with E-state index in [1.165, 1.54) is 23.9 Å². The first kappa shape index (κ1) is 26.9. The van der Waals surface area contributed by atoms with E-state index in [1.54, 1.807) is 26.8 Å². The molecule has 2 unspecified atom stereocenters. The standard InChI is InChI=1S/C22H38FNO4SSi/c1-21(2,3)27-20(26)24-14-17(28-30(8,9)22(4,5)6)13-19(25)15-10-16(23)12-18(11-15)29-7/h10-12,17,19,25H,13-14H2,1-9H3,(H,24,26). The summed E-state index contributed by atoms with van der Waals surface area (Å²) in [6.45, 7) is 16.2. The van der Waals surface area contributed by atoms with E-state index in [-0.39, 0.29) is 23.8 Å². The van der Waals surface area contributed by atoms with Gasteiger partial charge in [0, 0.05) is 17.9 Å². The van der Waals surface area contributed by atoms with Gasteiger partial charge < -0.3 is 19.6 Å². The molecule has 0 aromatic heterocycles. The van der Waals surface area contributed by atoms with E-state index in [2.05, 4.69) is 39.2 Å². The molecule has 5 nitrogen and oxygen atoms in total. The Hall–Kier alpha value is -1.09. The van der Waals surface area contributed by atoms with E-state index in [4.69, 9.17) is 9.16 Å². The molecule has 2 N–H and O–H groups in total. The second-order valence-electron chi connectivity index (χ2n) is 10.1. The molecule has 0 saturated heterocycles. The molecule has 1 aromatic carbocycles. The van der Waals surface area contributed by atoms with Gasteiger partial charge in [-0.25, -0.2) is 9.18 Å². The Labute approximate surface area is 186 Å². The Morgan fingerprint density at radius 1 is 1.20 bits per heavy atom. The van der Waals surface area contributed by atoms with Crippen LogP contribution in [-0.2, 0) is 9.16 Å². The number of carbonyl (C=O) groups is 1. The number of nitrogens with one attached hydrogen (secondary N) is 1. The fourth-order valence-electron chi connectivity index (χ4n) is 2.56. The van der Waals surface area contributed by atoms with Crippen molar-refractivity contribution in [3.05, 3.63) is 29.6 Å². The summed E-state index contributed by atoms with van der Waals surface area (Å²) < 4.78 is 25.7. The monoisotopic (exact) mass is 459 g/mol. The van der Waals surface area contributed by atoms with Crippen molar-refractivity contribution >= 4 is 26.2 Å². The van der Waals surface area contributed by atoms with Crippen molar-refractivity contribution in [2.45, 2.75) is 88.8 Å². The largest absolute Gasteiger partial charge is 0.444 e. The summed E-state index contributed by atoms with van der Waals surface area (Å²) in [5.74, 6) is -0.385. The maximum atomic E-state index is 13.9. The number of aliphatic hydroxyl groups is 1. The molecular formula is C22H38FNO4SSi. The van der Waals surface area contributed by atoms with Crippen LogP contribution in [0.3, 0.4) is 0 Å². The molecule has 172 valence electrons. The lowest BCUT2D eigenvalue weighted by Gasteiger charge is -2.40. The molecule has 1 rings (SSSR count). The van der Waals surface area contributed by atoms with Crippen LogP contribution in [0.25, 0.3) is 0 Å². The van der Waals surface area contributed by atoms with E-state index in [0.29, 0.717) is 5.56 Å². The van der Waals surface area contributed by atoms with E-state index < -0.39 is 32.2 Å². The van der Waals surface area contributed by atoms with Crippen molar-refractivity contribution in [2.24, 2.45) is 0 Å². The molecule has 0 aliphatic carbocycles. The van der Waals surface area contributed by atoms with Gasteiger partial charge in [-0.15, -0.1) is 11.8 Å². The first-order valence-corrected chi connectivity index (χ1v) is 14.3. The van der Waals surface area contributed by atoms with Crippen LogP contribution in [0.5, 0.6) is 0 Å². The summed E-state index contributed by atoms with van der Waals surface area (Å²) in [5, 5.41) is 13.5.